The summed E-state index contributed by atoms with van der Waals surface area (Å²) in [4.78, 5) is 26.7. The number of amides is 2. The number of hydrogen-bond donors (Lipinski definition) is 2. The molecule has 150 valence electrons. The Morgan fingerprint density at radius 1 is 1.32 bits per heavy atom. The van der Waals surface area contributed by atoms with Crippen LogP contribution in [0.1, 0.15) is 60.5 Å². The van der Waals surface area contributed by atoms with Gasteiger partial charge in [-0.2, -0.15) is 0 Å². The topological polar surface area (TPSA) is 69.6 Å². The van der Waals surface area contributed by atoms with Crippen LogP contribution >= 0.6 is 0 Å². The molecule has 7 heteroatoms. The zero-order valence-corrected chi connectivity index (χ0v) is 15.8. The molecule has 28 heavy (non-hydrogen) atoms. The molecule has 3 fully saturated rings. The molecule has 1 aromatic carbocycles. The summed E-state index contributed by atoms with van der Waals surface area (Å²) in [5.41, 5.74) is -1.39. The van der Waals surface area contributed by atoms with Gasteiger partial charge in [-0.3, -0.25) is 9.59 Å². The number of nitrogens with one attached hydrogen (secondary N) is 1. The van der Waals surface area contributed by atoms with Crippen molar-refractivity contribution in [2.75, 3.05) is 13.1 Å². The minimum absolute atomic E-state index is 0.0969. The number of nitrogens with zero attached hydrogens (tertiary/aromatic N) is 1. The Morgan fingerprint density at radius 3 is 2.57 bits per heavy atom. The van der Waals surface area contributed by atoms with Crippen molar-refractivity contribution in [3.05, 3.63) is 34.9 Å². The van der Waals surface area contributed by atoms with Gasteiger partial charge in [-0.25, -0.2) is 8.78 Å². The van der Waals surface area contributed by atoms with Gasteiger partial charge in [0.2, 0.25) is 5.91 Å². The van der Waals surface area contributed by atoms with Crippen LogP contribution < -0.4 is 5.32 Å². The summed E-state index contributed by atoms with van der Waals surface area (Å²) >= 11 is 0. The third-order valence-corrected chi connectivity index (χ3v) is 6.81. The number of alkyl halides is 2. The number of carbonyl (C=O) groups is 2. The summed E-state index contributed by atoms with van der Waals surface area (Å²) in [6.07, 6.45) is 1.11. The maximum absolute atomic E-state index is 14.5. The van der Waals surface area contributed by atoms with Crippen LogP contribution in [0.5, 0.6) is 0 Å². The van der Waals surface area contributed by atoms with Crippen LogP contribution in [0.2, 0.25) is 0 Å². The van der Waals surface area contributed by atoms with E-state index in [1.54, 1.807) is 25.1 Å². The van der Waals surface area contributed by atoms with Crippen molar-refractivity contribution in [1.29, 1.82) is 0 Å². The van der Waals surface area contributed by atoms with E-state index < -0.39 is 22.9 Å². The van der Waals surface area contributed by atoms with Crippen molar-refractivity contribution in [1.82, 2.24) is 10.2 Å². The fraction of sp³-hybridized carbons (Fsp3) is 0.619. The van der Waals surface area contributed by atoms with Crippen LogP contribution in [0, 0.1) is 0 Å². The highest BCUT2D eigenvalue weighted by Gasteiger charge is 2.61. The molecule has 4 aliphatic rings. The first-order valence-electron chi connectivity index (χ1n) is 9.91. The molecule has 3 saturated carbocycles. The lowest BCUT2D eigenvalue weighted by Gasteiger charge is -2.41. The molecule has 0 unspecified atom stereocenters. The monoisotopic (exact) mass is 390 g/mol. The zero-order valence-electron chi connectivity index (χ0n) is 15.8. The molecule has 1 aliphatic heterocycles. The van der Waals surface area contributed by atoms with E-state index in [9.17, 15) is 23.5 Å². The molecule has 2 N–H and O–H groups in total. The molecule has 0 aromatic heterocycles. The summed E-state index contributed by atoms with van der Waals surface area (Å²) in [6.45, 7) is 1.72. The Labute approximate surface area is 162 Å². The van der Waals surface area contributed by atoms with Crippen LogP contribution in [0.15, 0.2) is 18.2 Å². The molecular formula is C21H24F2N2O3. The quantitative estimate of drug-likeness (QED) is 0.827. The summed E-state index contributed by atoms with van der Waals surface area (Å²) in [5.74, 6) is -0.619. The highest BCUT2D eigenvalue weighted by molar-refractivity contribution is 6.00. The number of hydrogen-bond acceptors (Lipinski definition) is 3. The highest BCUT2D eigenvalue weighted by atomic mass is 19.1. The third-order valence-electron chi connectivity index (χ3n) is 6.81. The number of aliphatic hydroxyl groups is 1. The third kappa shape index (κ3) is 2.74. The molecule has 2 atom stereocenters. The normalized spacial score (nSPS) is 37.3. The first-order valence-corrected chi connectivity index (χ1v) is 9.91. The minimum Gasteiger partial charge on any atom is -0.390 e. The number of rotatable bonds is 4. The molecule has 1 heterocycles. The van der Waals surface area contributed by atoms with Crippen molar-refractivity contribution in [3.8, 4) is 0 Å². The van der Waals surface area contributed by atoms with Crippen LogP contribution in [0.3, 0.4) is 0 Å². The van der Waals surface area contributed by atoms with E-state index in [0.717, 1.165) is 0 Å². The lowest BCUT2D eigenvalue weighted by molar-refractivity contribution is -0.125. The Balaban J connectivity index is 1.35. The van der Waals surface area contributed by atoms with Crippen molar-refractivity contribution in [3.63, 3.8) is 0 Å². The van der Waals surface area contributed by atoms with Gasteiger partial charge >= 0.3 is 0 Å². The molecule has 0 radical (unpaired) electrons. The summed E-state index contributed by atoms with van der Waals surface area (Å²) < 4.78 is 28.9. The predicted octanol–water partition coefficient (Wildman–Crippen LogP) is 2.11. The van der Waals surface area contributed by atoms with Crippen LogP contribution in [0.25, 0.3) is 0 Å². The van der Waals surface area contributed by atoms with E-state index in [2.05, 4.69) is 5.32 Å². The van der Waals surface area contributed by atoms with Gasteiger partial charge in [-0.05, 0) is 56.2 Å². The number of halogens is 2. The van der Waals surface area contributed by atoms with E-state index in [0.29, 0.717) is 48.8 Å². The molecule has 3 aliphatic carbocycles. The van der Waals surface area contributed by atoms with Crippen LogP contribution in [-0.2, 0) is 15.9 Å². The van der Waals surface area contributed by atoms with E-state index in [-0.39, 0.29) is 30.9 Å². The smallest absolute Gasteiger partial charge is 0.254 e. The lowest BCUT2D eigenvalue weighted by atomic mass is 9.77. The van der Waals surface area contributed by atoms with E-state index >= 15 is 0 Å². The Bertz CT molecular complexity index is 874. The maximum Gasteiger partial charge on any atom is 0.254 e. The van der Waals surface area contributed by atoms with Gasteiger partial charge in [0.25, 0.3) is 5.91 Å². The van der Waals surface area contributed by atoms with Crippen molar-refractivity contribution < 1.29 is 23.5 Å². The Hall–Kier alpha value is -2.02. The second kappa shape index (κ2) is 5.53. The van der Waals surface area contributed by atoms with E-state index in [1.165, 1.54) is 4.90 Å². The second-order valence-electron chi connectivity index (χ2n) is 9.38. The van der Waals surface area contributed by atoms with Gasteiger partial charge in [-0.15, -0.1) is 0 Å². The molecular weight excluding hydrogens is 366 g/mol. The van der Waals surface area contributed by atoms with Crippen molar-refractivity contribution >= 4 is 11.8 Å². The summed E-state index contributed by atoms with van der Waals surface area (Å²) in [7, 11) is 0. The number of benzene rings is 1. The molecule has 5 rings (SSSR count). The highest BCUT2D eigenvalue weighted by Crippen LogP contribution is 2.57. The SMILES string of the molecule is CC1(O)CC(NC(=O)CN2C[C@]3(C[C@H]3F)c3cc(C4(F)CC4)ccc3C2=O)C1. The van der Waals surface area contributed by atoms with Gasteiger partial charge < -0.3 is 15.3 Å². The number of carbonyl (C=O) groups excluding carboxylic acids is 2. The Kier molecular flexibility index (Phi) is 3.56. The average Bonchev–Trinajstić information content (AvgIpc) is 3.49. The van der Waals surface area contributed by atoms with Crippen LogP contribution in [-0.4, -0.2) is 52.7 Å². The predicted molar refractivity (Wildman–Crippen MR) is 97.3 cm³/mol. The van der Waals surface area contributed by atoms with Gasteiger partial charge in [0.1, 0.15) is 11.8 Å². The van der Waals surface area contributed by atoms with E-state index in [4.69, 9.17) is 0 Å². The summed E-state index contributed by atoms with van der Waals surface area (Å²) in [5, 5.41) is 12.6. The van der Waals surface area contributed by atoms with Gasteiger partial charge in [0.05, 0.1) is 12.1 Å². The fourth-order valence-corrected chi connectivity index (χ4v) is 4.87. The number of fused-ring (bicyclic) bond motifs is 2. The standard InChI is InChI=1S/C21H24F2N2O3/c1-19(28)7-13(8-19)24-17(26)10-25-11-20(9-16(20)22)15-6-12(21(23)4-5-21)2-3-14(15)18(25)27/h2-3,6,13,16,28H,4-5,7-11H2,1H3,(H,24,26)/t13?,16-,19?,20-/m1/s1. The first kappa shape index (κ1) is 18.0. The largest absolute Gasteiger partial charge is 0.390 e. The van der Waals surface area contributed by atoms with Gasteiger partial charge in [0.15, 0.2) is 0 Å². The van der Waals surface area contributed by atoms with E-state index in [1.807, 2.05) is 0 Å². The van der Waals surface area contributed by atoms with Gasteiger partial charge in [0, 0.05) is 23.6 Å². The second-order valence-corrected chi connectivity index (χ2v) is 9.38. The lowest BCUT2D eigenvalue weighted by Crippen LogP contribution is -2.56. The molecule has 1 aromatic rings. The fourth-order valence-electron chi connectivity index (χ4n) is 4.87. The zero-order chi connectivity index (χ0) is 19.9. The molecule has 2 amide bonds. The van der Waals surface area contributed by atoms with Crippen molar-refractivity contribution in [2.45, 2.75) is 67.9 Å². The molecule has 5 nitrogen and oxygen atoms in total. The molecule has 0 bridgehead atoms. The van der Waals surface area contributed by atoms with Crippen LogP contribution in [0.4, 0.5) is 8.78 Å². The summed E-state index contributed by atoms with van der Waals surface area (Å²) in [6, 6.07) is 4.79. The first-order chi connectivity index (χ1) is 13.1. The van der Waals surface area contributed by atoms with Gasteiger partial charge in [-0.1, -0.05) is 12.1 Å². The Morgan fingerprint density at radius 2 is 2.00 bits per heavy atom. The maximum atomic E-state index is 14.5. The molecule has 1 spiro atoms. The minimum atomic E-state index is -1.33. The average molecular weight is 390 g/mol. The molecule has 0 saturated heterocycles. The van der Waals surface area contributed by atoms with Crippen molar-refractivity contribution in [2.24, 2.45) is 0 Å².